The van der Waals surface area contributed by atoms with Crippen LogP contribution in [0.3, 0.4) is 0 Å². The highest BCUT2D eigenvalue weighted by molar-refractivity contribution is 5.96. The zero-order valence-corrected chi connectivity index (χ0v) is 17.9. The molecule has 0 unspecified atom stereocenters. The zero-order chi connectivity index (χ0) is 22.9. The summed E-state index contributed by atoms with van der Waals surface area (Å²) in [6.07, 6.45) is 3.19. The van der Waals surface area contributed by atoms with Gasteiger partial charge in [0.05, 0.1) is 23.8 Å². The van der Waals surface area contributed by atoms with Crippen LogP contribution >= 0.6 is 0 Å². The number of rotatable bonds is 5. The minimum absolute atomic E-state index is 0.0469. The molecular formula is C25H21N5O3. The van der Waals surface area contributed by atoms with Crippen molar-refractivity contribution in [2.24, 2.45) is 0 Å². The van der Waals surface area contributed by atoms with E-state index in [9.17, 15) is 9.59 Å². The van der Waals surface area contributed by atoms with Crippen LogP contribution in [0, 0.1) is 12.3 Å². The molecule has 5 rings (SSSR count). The van der Waals surface area contributed by atoms with E-state index in [0.717, 1.165) is 11.1 Å². The molecule has 0 aliphatic rings. The van der Waals surface area contributed by atoms with E-state index >= 15 is 0 Å². The fourth-order valence-electron chi connectivity index (χ4n) is 3.86. The molecule has 1 aromatic carbocycles. The Morgan fingerprint density at radius 1 is 1.09 bits per heavy atom. The van der Waals surface area contributed by atoms with Crippen LogP contribution in [-0.2, 0) is 13.1 Å². The van der Waals surface area contributed by atoms with Crippen LogP contribution in [0.4, 0.5) is 0 Å². The highest BCUT2D eigenvalue weighted by Crippen LogP contribution is 2.14. The number of benzene rings is 1. The van der Waals surface area contributed by atoms with E-state index in [1.807, 2.05) is 43.3 Å². The Morgan fingerprint density at radius 2 is 1.91 bits per heavy atom. The first-order valence-electron chi connectivity index (χ1n) is 10.5. The van der Waals surface area contributed by atoms with Crippen molar-refractivity contribution < 1.29 is 9.21 Å². The quantitative estimate of drug-likeness (QED) is 0.411. The molecule has 164 valence electrons. The van der Waals surface area contributed by atoms with Crippen molar-refractivity contribution in [2.45, 2.75) is 20.0 Å². The predicted octanol–water partition coefficient (Wildman–Crippen LogP) is 3.01. The lowest BCUT2D eigenvalue weighted by Crippen LogP contribution is -2.35. The van der Waals surface area contributed by atoms with Gasteiger partial charge in [0.2, 0.25) is 0 Å². The molecule has 0 aliphatic carbocycles. The summed E-state index contributed by atoms with van der Waals surface area (Å²) >= 11 is 0. The van der Waals surface area contributed by atoms with E-state index in [-0.39, 0.29) is 28.5 Å². The van der Waals surface area contributed by atoms with Gasteiger partial charge in [0, 0.05) is 12.7 Å². The summed E-state index contributed by atoms with van der Waals surface area (Å²) < 4.78 is 8.48. The Bertz CT molecular complexity index is 1600. The van der Waals surface area contributed by atoms with Gasteiger partial charge in [-0.3, -0.25) is 19.4 Å². The number of pyridine rings is 2. The number of nitrogens with one attached hydrogen (secondary N) is 2. The normalized spacial score (nSPS) is 11.2. The lowest BCUT2D eigenvalue weighted by Gasteiger charge is -2.14. The van der Waals surface area contributed by atoms with E-state index in [4.69, 9.17) is 14.8 Å². The second kappa shape index (κ2) is 8.23. The topological polar surface area (TPSA) is 105 Å². The number of aromatic nitrogens is 3. The molecule has 8 heteroatoms. The van der Waals surface area contributed by atoms with E-state index in [0.29, 0.717) is 23.6 Å². The molecule has 0 saturated carbocycles. The third-order valence-corrected chi connectivity index (χ3v) is 5.57. The molecular weight excluding hydrogens is 418 g/mol. The van der Waals surface area contributed by atoms with Gasteiger partial charge >= 0.3 is 0 Å². The molecule has 0 atom stereocenters. The molecule has 33 heavy (non-hydrogen) atoms. The number of amides is 1. The highest BCUT2D eigenvalue weighted by Gasteiger charge is 2.18. The Balaban J connectivity index is 1.70. The lowest BCUT2D eigenvalue weighted by molar-refractivity contribution is 0.0948. The average Bonchev–Trinajstić information content (AvgIpc) is 3.34. The number of aryl methyl sites for hydroxylation is 1. The molecule has 0 saturated heterocycles. The standard InChI is InChI=1S/C25H21N5O3/c1-16-7-5-11-29-22(16)28-23-20(25(29)32)13-19(21(26)30(23)15-18-10-6-12-33-18)24(31)27-14-17-8-3-2-4-9-17/h2-13,26H,14-15H2,1H3,(H,27,31). The number of carbonyl (C=O) groups is 1. The number of nitrogens with zero attached hydrogens (tertiary/aromatic N) is 3. The Morgan fingerprint density at radius 3 is 2.67 bits per heavy atom. The summed E-state index contributed by atoms with van der Waals surface area (Å²) in [5.41, 5.74) is 2.34. The molecule has 0 spiro atoms. The van der Waals surface area contributed by atoms with E-state index < -0.39 is 5.91 Å². The molecule has 4 heterocycles. The molecule has 4 aromatic heterocycles. The summed E-state index contributed by atoms with van der Waals surface area (Å²) in [6, 6.07) is 18.1. The number of carbonyl (C=O) groups excluding carboxylic acids is 1. The summed E-state index contributed by atoms with van der Waals surface area (Å²) in [5, 5.41) is 11.9. The van der Waals surface area contributed by atoms with Gasteiger partial charge < -0.3 is 14.3 Å². The first-order valence-corrected chi connectivity index (χ1v) is 10.5. The Kier molecular flexibility index (Phi) is 5.10. The third kappa shape index (κ3) is 3.71. The summed E-state index contributed by atoms with van der Waals surface area (Å²) in [6.45, 7) is 2.34. The third-order valence-electron chi connectivity index (χ3n) is 5.57. The summed E-state index contributed by atoms with van der Waals surface area (Å²) in [7, 11) is 0. The fraction of sp³-hybridized carbons (Fsp3) is 0.120. The number of hydrogen-bond acceptors (Lipinski definition) is 5. The molecule has 2 N–H and O–H groups in total. The smallest absolute Gasteiger partial charge is 0.267 e. The van der Waals surface area contributed by atoms with Crippen LogP contribution < -0.4 is 16.4 Å². The predicted molar refractivity (Wildman–Crippen MR) is 123 cm³/mol. The van der Waals surface area contributed by atoms with E-state index in [2.05, 4.69) is 5.32 Å². The second-order valence-electron chi connectivity index (χ2n) is 7.78. The van der Waals surface area contributed by atoms with Crippen LogP contribution in [0.25, 0.3) is 16.7 Å². The van der Waals surface area contributed by atoms with Crippen molar-refractivity contribution in [3.8, 4) is 0 Å². The zero-order valence-electron chi connectivity index (χ0n) is 17.9. The van der Waals surface area contributed by atoms with Gasteiger partial charge in [0.25, 0.3) is 11.5 Å². The maximum Gasteiger partial charge on any atom is 0.267 e. The number of hydrogen-bond donors (Lipinski definition) is 2. The van der Waals surface area contributed by atoms with Crippen molar-refractivity contribution in [1.29, 1.82) is 5.41 Å². The van der Waals surface area contributed by atoms with Crippen molar-refractivity contribution in [1.82, 2.24) is 19.3 Å². The van der Waals surface area contributed by atoms with Crippen molar-refractivity contribution in [3.63, 3.8) is 0 Å². The average molecular weight is 439 g/mol. The van der Waals surface area contributed by atoms with Gasteiger partial charge in [-0.25, -0.2) is 4.98 Å². The van der Waals surface area contributed by atoms with Gasteiger partial charge in [0.1, 0.15) is 22.5 Å². The van der Waals surface area contributed by atoms with Crippen LogP contribution in [0.2, 0.25) is 0 Å². The second-order valence-corrected chi connectivity index (χ2v) is 7.78. The molecule has 1 amide bonds. The first-order chi connectivity index (χ1) is 16.0. The molecule has 0 radical (unpaired) electrons. The van der Waals surface area contributed by atoms with Crippen LogP contribution in [0.15, 0.2) is 82.3 Å². The largest absolute Gasteiger partial charge is 0.467 e. The molecule has 0 fully saturated rings. The van der Waals surface area contributed by atoms with E-state index in [1.165, 1.54) is 10.5 Å². The maximum atomic E-state index is 13.4. The lowest BCUT2D eigenvalue weighted by atomic mass is 10.1. The fourth-order valence-corrected chi connectivity index (χ4v) is 3.86. The monoisotopic (exact) mass is 439 g/mol. The van der Waals surface area contributed by atoms with Crippen molar-refractivity contribution in [2.75, 3.05) is 0 Å². The van der Waals surface area contributed by atoms with E-state index in [1.54, 1.807) is 35.2 Å². The van der Waals surface area contributed by atoms with Gasteiger partial charge in [-0.2, -0.15) is 0 Å². The Labute approximate surface area is 188 Å². The highest BCUT2D eigenvalue weighted by atomic mass is 16.3. The first kappa shape index (κ1) is 20.4. The van der Waals surface area contributed by atoms with Gasteiger partial charge in [-0.15, -0.1) is 0 Å². The minimum Gasteiger partial charge on any atom is -0.467 e. The SMILES string of the molecule is Cc1cccn2c(=O)c3cc(C(=O)NCc4ccccc4)c(=N)n(Cc4ccco4)c3nc12. The molecule has 0 bridgehead atoms. The van der Waals surface area contributed by atoms with Gasteiger partial charge in [0.15, 0.2) is 0 Å². The molecule has 5 aromatic rings. The van der Waals surface area contributed by atoms with Crippen LogP contribution in [-0.4, -0.2) is 19.9 Å². The van der Waals surface area contributed by atoms with Crippen LogP contribution in [0.1, 0.15) is 27.2 Å². The van der Waals surface area contributed by atoms with Crippen LogP contribution in [0.5, 0.6) is 0 Å². The number of furan rings is 1. The molecule has 0 aliphatic heterocycles. The number of fused-ring (bicyclic) bond motifs is 2. The van der Waals surface area contributed by atoms with Gasteiger partial charge in [-0.05, 0) is 42.3 Å². The van der Waals surface area contributed by atoms with Crippen molar-refractivity contribution >= 4 is 22.6 Å². The van der Waals surface area contributed by atoms with Gasteiger partial charge in [-0.1, -0.05) is 36.4 Å². The minimum atomic E-state index is -0.437. The Hall–Kier alpha value is -4.46. The summed E-state index contributed by atoms with van der Waals surface area (Å²) in [4.78, 5) is 31.1. The van der Waals surface area contributed by atoms with Crippen molar-refractivity contribution in [3.05, 3.63) is 111 Å². The maximum absolute atomic E-state index is 13.4. The molecule has 8 nitrogen and oxygen atoms in total. The summed E-state index contributed by atoms with van der Waals surface area (Å²) in [5.74, 6) is 0.149.